The third-order valence-electron chi connectivity index (χ3n) is 4.28. The summed E-state index contributed by atoms with van der Waals surface area (Å²) < 4.78 is 0. The van der Waals surface area contributed by atoms with Crippen molar-refractivity contribution in [1.29, 1.82) is 0 Å². The summed E-state index contributed by atoms with van der Waals surface area (Å²) in [6, 6.07) is 1.55. The van der Waals surface area contributed by atoms with Crippen molar-refractivity contribution >= 4 is 0 Å². The maximum Gasteiger partial charge on any atom is 0.00914 e. The van der Waals surface area contributed by atoms with Crippen LogP contribution in [0.4, 0.5) is 0 Å². The monoisotopic (exact) mass is 240 g/mol. The van der Waals surface area contributed by atoms with Crippen LogP contribution in [0.25, 0.3) is 0 Å². The first-order chi connectivity index (χ1) is 8.17. The van der Waals surface area contributed by atoms with E-state index in [4.69, 9.17) is 0 Å². The first kappa shape index (κ1) is 15.0. The van der Waals surface area contributed by atoms with Crippen LogP contribution in [-0.4, -0.2) is 36.6 Å². The number of piperidine rings is 1. The normalized spacial score (nSPS) is 22.6. The molecule has 0 saturated carbocycles. The molecule has 2 atom stereocenters. The Morgan fingerprint density at radius 2 is 1.82 bits per heavy atom. The summed E-state index contributed by atoms with van der Waals surface area (Å²) in [6.45, 7) is 13.1. The Morgan fingerprint density at radius 3 is 2.35 bits per heavy atom. The second-order valence-corrected chi connectivity index (χ2v) is 5.86. The standard InChI is InChI=1S/C15H32N2/c1-5-9-16-15-7-10-17(11-8-15)14(4)12-13(3)6-2/h13-16H,5-12H2,1-4H3. The van der Waals surface area contributed by atoms with Crippen LogP contribution in [0.1, 0.15) is 59.8 Å². The zero-order valence-corrected chi connectivity index (χ0v) is 12.3. The lowest BCUT2D eigenvalue weighted by Crippen LogP contribution is -2.46. The average molecular weight is 240 g/mol. The van der Waals surface area contributed by atoms with Gasteiger partial charge in [-0.2, -0.15) is 0 Å². The molecule has 0 bridgehead atoms. The summed E-state index contributed by atoms with van der Waals surface area (Å²) in [4.78, 5) is 2.69. The average Bonchev–Trinajstić information content (AvgIpc) is 2.36. The Balaban J connectivity index is 2.21. The minimum Gasteiger partial charge on any atom is -0.314 e. The Morgan fingerprint density at radius 1 is 1.18 bits per heavy atom. The molecule has 1 saturated heterocycles. The van der Waals surface area contributed by atoms with Gasteiger partial charge in [-0.1, -0.05) is 27.2 Å². The lowest BCUT2D eigenvalue weighted by atomic mass is 9.96. The highest BCUT2D eigenvalue weighted by atomic mass is 15.2. The maximum absolute atomic E-state index is 3.66. The molecule has 0 aromatic rings. The molecule has 1 rings (SSSR count). The lowest BCUT2D eigenvalue weighted by Gasteiger charge is -2.37. The molecule has 2 nitrogen and oxygen atoms in total. The third-order valence-corrected chi connectivity index (χ3v) is 4.28. The molecule has 1 N–H and O–H groups in total. The number of nitrogens with zero attached hydrogens (tertiary/aromatic N) is 1. The maximum atomic E-state index is 3.66. The van der Waals surface area contributed by atoms with E-state index in [1.807, 2.05) is 0 Å². The van der Waals surface area contributed by atoms with Crippen molar-refractivity contribution in [3.8, 4) is 0 Å². The molecule has 1 fully saturated rings. The number of hydrogen-bond donors (Lipinski definition) is 1. The molecular weight excluding hydrogens is 208 g/mol. The Labute approximate surface area is 108 Å². The van der Waals surface area contributed by atoms with Crippen molar-refractivity contribution in [1.82, 2.24) is 10.2 Å². The van der Waals surface area contributed by atoms with Crippen LogP contribution < -0.4 is 5.32 Å². The van der Waals surface area contributed by atoms with Crippen molar-refractivity contribution in [2.24, 2.45) is 5.92 Å². The molecule has 17 heavy (non-hydrogen) atoms. The van der Waals surface area contributed by atoms with E-state index in [1.165, 1.54) is 51.7 Å². The summed E-state index contributed by atoms with van der Waals surface area (Å²) >= 11 is 0. The molecule has 0 amide bonds. The van der Waals surface area contributed by atoms with Gasteiger partial charge in [0.1, 0.15) is 0 Å². The van der Waals surface area contributed by atoms with Gasteiger partial charge in [0, 0.05) is 12.1 Å². The number of hydrogen-bond acceptors (Lipinski definition) is 2. The fourth-order valence-corrected chi connectivity index (χ4v) is 2.79. The third kappa shape index (κ3) is 5.39. The highest BCUT2D eigenvalue weighted by Gasteiger charge is 2.22. The van der Waals surface area contributed by atoms with E-state index in [9.17, 15) is 0 Å². The smallest absolute Gasteiger partial charge is 0.00914 e. The van der Waals surface area contributed by atoms with Gasteiger partial charge in [-0.3, -0.25) is 0 Å². The second-order valence-electron chi connectivity index (χ2n) is 5.86. The van der Waals surface area contributed by atoms with Crippen LogP contribution in [0.15, 0.2) is 0 Å². The van der Waals surface area contributed by atoms with Gasteiger partial charge in [0.15, 0.2) is 0 Å². The van der Waals surface area contributed by atoms with Gasteiger partial charge >= 0.3 is 0 Å². The van der Waals surface area contributed by atoms with Gasteiger partial charge < -0.3 is 10.2 Å². The van der Waals surface area contributed by atoms with Crippen LogP contribution >= 0.6 is 0 Å². The van der Waals surface area contributed by atoms with Crippen molar-refractivity contribution in [2.75, 3.05) is 19.6 Å². The van der Waals surface area contributed by atoms with E-state index in [2.05, 4.69) is 37.9 Å². The topological polar surface area (TPSA) is 15.3 Å². The summed E-state index contributed by atoms with van der Waals surface area (Å²) in [5.74, 6) is 0.876. The summed E-state index contributed by atoms with van der Waals surface area (Å²) in [6.07, 6.45) is 6.61. The zero-order chi connectivity index (χ0) is 12.7. The Bertz CT molecular complexity index is 185. The molecule has 2 unspecified atom stereocenters. The molecule has 0 aromatic heterocycles. The number of nitrogens with one attached hydrogen (secondary N) is 1. The van der Waals surface area contributed by atoms with E-state index < -0.39 is 0 Å². The van der Waals surface area contributed by atoms with Crippen LogP contribution in [0.3, 0.4) is 0 Å². The van der Waals surface area contributed by atoms with E-state index in [0.717, 1.165) is 18.0 Å². The Kier molecular flexibility index (Phi) is 7.14. The molecule has 0 radical (unpaired) electrons. The van der Waals surface area contributed by atoms with E-state index in [-0.39, 0.29) is 0 Å². The van der Waals surface area contributed by atoms with Crippen LogP contribution in [0.2, 0.25) is 0 Å². The zero-order valence-electron chi connectivity index (χ0n) is 12.3. The highest BCUT2D eigenvalue weighted by Crippen LogP contribution is 2.19. The number of likely N-dealkylation sites (tertiary alicyclic amines) is 1. The SMILES string of the molecule is CCCNC1CCN(C(C)CC(C)CC)CC1. The van der Waals surface area contributed by atoms with Crippen molar-refractivity contribution in [3.05, 3.63) is 0 Å². The first-order valence-electron chi connectivity index (χ1n) is 7.64. The molecule has 1 aliphatic rings. The van der Waals surface area contributed by atoms with Gasteiger partial charge in [0.05, 0.1) is 0 Å². The molecule has 0 aliphatic carbocycles. The van der Waals surface area contributed by atoms with Crippen LogP contribution in [0.5, 0.6) is 0 Å². The minimum atomic E-state index is 0.775. The fraction of sp³-hybridized carbons (Fsp3) is 1.00. The van der Waals surface area contributed by atoms with Crippen LogP contribution in [0, 0.1) is 5.92 Å². The summed E-state index contributed by atoms with van der Waals surface area (Å²) in [5, 5.41) is 3.66. The van der Waals surface area contributed by atoms with Crippen molar-refractivity contribution in [3.63, 3.8) is 0 Å². The quantitative estimate of drug-likeness (QED) is 0.735. The number of rotatable bonds is 7. The summed E-state index contributed by atoms with van der Waals surface area (Å²) in [5.41, 5.74) is 0. The van der Waals surface area contributed by atoms with E-state index >= 15 is 0 Å². The fourth-order valence-electron chi connectivity index (χ4n) is 2.79. The molecule has 0 spiro atoms. The van der Waals surface area contributed by atoms with E-state index in [0.29, 0.717) is 0 Å². The first-order valence-corrected chi connectivity index (χ1v) is 7.64. The second kappa shape index (κ2) is 8.10. The van der Waals surface area contributed by atoms with Gasteiger partial charge in [0.25, 0.3) is 0 Å². The predicted octanol–water partition coefficient (Wildman–Crippen LogP) is 3.28. The van der Waals surface area contributed by atoms with Crippen LogP contribution in [-0.2, 0) is 0 Å². The summed E-state index contributed by atoms with van der Waals surface area (Å²) in [7, 11) is 0. The Hall–Kier alpha value is -0.0800. The van der Waals surface area contributed by atoms with Gasteiger partial charge in [-0.15, -0.1) is 0 Å². The lowest BCUT2D eigenvalue weighted by molar-refractivity contribution is 0.135. The molecule has 102 valence electrons. The van der Waals surface area contributed by atoms with Crippen molar-refractivity contribution in [2.45, 2.75) is 71.9 Å². The largest absolute Gasteiger partial charge is 0.314 e. The molecule has 1 heterocycles. The van der Waals surface area contributed by atoms with Gasteiger partial charge in [-0.25, -0.2) is 0 Å². The molecule has 2 heteroatoms. The molecule has 1 aliphatic heterocycles. The molecule has 0 aromatic carbocycles. The highest BCUT2D eigenvalue weighted by molar-refractivity contribution is 4.80. The van der Waals surface area contributed by atoms with Gasteiger partial charge in [-0.05, 0) is 58.2 Å². The van der Waals surface area contributed by atoms with E-state index in [1.54, 1.807) is 0 Å². The van der Waals surface area contributed by atoms with Crippen molar-refractivity contribution < 1.29 is 0 Å². The minimum absolute atomic E-state index is 0.775. The molecular formula is C15H32N2. The van der Waals surface area contributed by atoms with Gasteiger partial charge in [0.2, 0.25) is 0 Å². The predicted molar refractivity (Wildman–Crippen MR) is 76.4 cm³/mol.